The number of fused-ring (bicyclic) bond motifs is 1. The van der Waals surface area contributed by atoms with Gasteiger partial charge >= 0.3 is 0 Å². The number of hydrogen-bond donors (Lipinski definition) is 0. The van der Waals surface area contributed by atoms with Crippen molar-refractivity contribution in [2.45, 2.75) is 52.5 Å². The number of halogens is 1. The van der Waals surface area contributed by atoms with Gasteiger partial charge in [-0.1, -0.05) is 57.0 Å². The zero-order valence-electron chi connectivity index (χ0n) is 18.9. The van der Waals surface area contributed by atoms with E-state index in [0.717, 1.165) is 19.3 Å². The Bertz CT molecular complexity index is 1180. The molecule has 0 spiro atoms. The molecule has 1 aliphatic carbocycles. The molecule has 168 valence electrons. The van der Waals surface area contributed by atoms with Gasteiger partial charge in [-0.25, -0.2) is 4.98 Å². The summed E-state index contributed by atoms with van der Waals surface area (Å²) in [6, 6.07) is 14.3. The highest BCUT2D eigenvalue weighted by atomic mass is 35.5. The molecular formula is C26H30ClN3O2. The summed E-state index contributed by atoms with van der Waals surface area (Å²) in [5, 5.41) is 1.10. The molecule has 0 N–H and O–H groups in total. The highest BCUT2D eigenvalue weighted by Crippen LogP contribution is 2.34. The lowest BCUT2D eigenvalue weighted by molar-refractivity contribution is -0.141. The summed E-state index contributed by atoms with van der Waals surface area (Å²) >= 11 is 6.28. The number of benzene rings is 2. The third-order valence-electron chi connectivity index (χ3n) is 6.23. The minimum Gasteiger partial charge on any atom is -0.332 e. The van der Waals surface area contributed by atoms with E-state index in [0.29, 0.717) is 46.3 Å². The highest BCUT2D eigenvalue weighted by Gasteiger charge is 2.35. The molecule has 0 aliphatic heterocycles. The Morgan fingerprint density at radius 3 is 2.56 bits per heavy atom. The van der Waals surface area contributed by atoms with Gasteiger partial charge in [-0.05, 0) is 55.5 Å². The molecule has 4 rings (SSSR count). The number of amides is 1. The Kier molecular flexibility index (Phi) is 6.66. The molecule has 0 radical (unpaired) electrons. The van der Waals surface area contributed by atoms with Crippen molar-refractivity contribution in [2.75, 3.05) is 6.54 Å². The minimum absolute atomic E-state index is 0.0783. The van der Waals surface area contributed by atoms with Gasteiger partial charge in [0.25, 0.3) is 5.56 Å². The van der Waals surface area contributed by atoms with Gasteiger partial charge in [-0.3, -0.25) is 14.2 Å². The lowest BCUT2D eigenvalue weighted by Crippen LogP contribution is -2.44. The van der Waals surface area contributed by atoms with E-state index in [1.54, 1.807) is 22.8 Å². The van der Waals surface area contributed by atoms with E-state index in [2.05, 4.69) is 20.8 Å². The molecule has 32 heavy (non-hydrogen) atoms. The van der Waals surface area contributed by atoms with Crippen molar-refractivity contribution < 1.29 is 4.79 Å². The van der Waals surface area contributed by atoms with Gasteiger partial charge in [0, 0.05) is 17.5 Å². The van der Waals surface area contributed by atoms with Crippen LogP contribution in [0.1, 0.15) is 58.3 Å². The number of carbonyl (C=O) groups is 1. The molecule has 6 heteroatoms. The Morgan fingerprint density at radius 1 is 1.19 bits per heavy atom. The van der Waals surface area contributed by atoms with Gasteiger partial charge in [0.05, 0.1) is 22.6 Å². The SMILES string of the molecule is CCC(c1nc2ccccc2c(=O)n1-c1cccc(Cl)c1)N(CC(C)C)C(=O)C1CCC1. The Balaban J connectivity index is 1.94. The van der Waals surface area contributed by atoms with Crippen molar-refractivity contribution in [3.05, 3.63) is 69.7 Å². The Hall–Kier alpha value is -2.66. The zero-order valence-corrected chi connectivity index (χ0v) is 19.7. The molecule has 0 bridgehead atoms. The predicted molar refractivity (Wildman–Crippen MR) is 129 cm³/mol. The van der Waals surface area contributed by atoms with E-state index >= 15 is 0 Å². The van der Waals surface area contributed by atoms with Crippen molar-refractivity contribution in [3.8, 4) is 5.69 Å². The summed E-state index contributed by atoms with van der Waals surface area (Å²) in [4.78, 5) is 34.1. The fraction of sp³-hybridized carbons (Fsp3) is 0.423. The van der Waals surface area contributed by atoms with E-state index < -0.39 is 0 Å². The normalized spacial score (nSPS) is 15.0. The van der Waals surface area contributed by atoms with Gasteiger partial charge in [-0.15, -0.1) is 0 Å². The van der Waals surface area contributed by atoms with Crippen LogP contribution in [0, 0.1) is 11.8 Å². The van der Waals surface area contributed by atoms with E-state index in [9.17, 15) is 9.59 Å². The largest absolute Gasteiger partial charge is 0.332 e. The van der Waals surface area contributed by atoms with E-state index in [1.807, 2.05) is 35.2 Å². The number of hydrogen-bond acceptors (Lipinski definition) is 3. The standard InChI is InChI=1S/C26H30ClN3O2/c1-4-23(29(16-17(2)3)25(31)18-9-7-10-18)24-28-22-14-6-5-13-21(22)26(32)30(24)20-12-8-11-19(27)15-20/h5-6,8,11-15,17-18,23H,4,7,9-10,16H2,1-3H3. The van der Waals surface area contributed by atoms with Gasteiger partial charge in [0.1, 0.15) is 5.82 Å². The summed E-state index contributed by atoms with van der Waals surface area (Å²) in [6.45, 7) is 6.92. The monoisotopic (exact) mass is 451 g/mol. The maximum absolute atomic E-state index is 13.7. The second-order valence-electron chi connectivity index (χ2n) is 9.04. The molecule has 1 amide bonds. The summed E-state index contributed by atoms with van der Waals surface area (Å²) in [7, 11) is 0. The summed E-state index contributed by atoms with van der Waals surface area (Å²) in [5.74, 6) is 1.15. The fourth-order valence-electron chi connectivity index (χ4n) is 4.43. The van der Waals surface area contributed by atoms with E-state index in [-0.39, 0.29) is 23.4 Å². The second-order valence-corrected chi connectivity index (χ2v) is 9.48. The average Bonchev–Trinajstić information content (AvgIpc) is 2.72. The first-order valence-corrected chi connectivity index (χ1v) is 11.9. The molecule has 1 saturated carbocycles. The van der Waals surface area contributed by atoms with E-state index in [4.69, 9.17) is 16.6 Å². The van der Waals surface area contributed by atoms with Crippen LogP contribution in [0.5, 0.6) is 0 Å². The summed E-state index contributed by atoms with van der Waals surface area (Å²) in [5.41, 5.74) is 1.16. The topological polar surface area (TPSA) is 55.2 Å². The van der Waals surface area contributed by atoms with Gasteiger partial charge in [-0.2, -0.15) is 0 Å². The van der Waals surface area contributed by atoms with E-state index in [1.165, 1.54) is 0 Å². The Labute approximate surface area is 194 Å². The molecular weight excluding hydrogens is 422 g/mol. The van der Waals surface area contributed by atoms with Crippen molar-refractivity contribution >= 4 is 28.4 Å². The van der Waals surface area contributed by atoms with Crippen molar-refractivity contribution in [1.82, 2.24) is 14.5 Å². The van der Waals surface area contributed by atoms with Crippen LogP contribution in [0.4, 0.5) is 0 Å². The number of carbonyl (C=O) groups excluding carboxylic acids is 1. The second kappa shape index (κ2) is 9.45. The smallest absolute Gasteiger partial charge is 0.266 e. The van der Waals surface area contributed by atoms with Crippen molar-refractivity contribution in [3.63, 3.8) is 0 Å². The highest BCUT2D eigenvalue weighted by molar-refractivity contribution is 6.30. The molecule has 1 unspecified atom stereocenters. The molecule has 2 aromatic carbocycles. The van der Waals surface area contributed by atoms with Crippen LogP contribution in [-0.2, 0) is 4.79 Å². The molecule has 1 fully saturated rings. The minimum atomic E-state index is -0.304. The number of rotatable bonds is 7. The van der Waals surface area contributed by atoms with Crippen LogP contribution in [0.3, 0.4) is 0 Å². The van der Waals surface area contributed by atoms with Crippen LogP contribution in [-0.4, -0.2) is 26.9 Å². The lowest BCUT2D eigenvalue weighted by atomic mass is 9.83. The predicted octanol–water partition coefficient (Wildman–Crippen LogP) is 5.77. The maximum atomic E-state index is 13.7. The molecule has 1 atom stereocenters. The molecule has 1 aliphatic rings. The van der Waals surface area contributed by atoms with Gasteiger partial charge in [0.15, 0.2) is 0 Å². The first kappa shape index (κ1) is 22.5. The van der Waals surface area contributed by atoms with Crippen LogP contribution >= 0.6 is 11.6 Å². The van der Waals surface area contributed by atoms with Crippen LogP contribution in [0.15, 0.2) is 53.3 Å². The third kappa shape index (κ3) is 4.31. The number of para-hydroxylation sites is 1. The third-order valence-corrected chi connectivity index (χ3v) is 6.46. The fourth-order valence-corrected chi connectivity index (χ4v) is 4.62. The summed E-state index contributed by atoms with van der Waals surface area (Å²) in [6.07, 6.45) is 3.65. The molecule has 1 aromatic heterocycles. The maximum Gasteiger partial charge on any atom is 0.266 e. The van der Waals surface area contributed by atoms with Gasteiger partial charge in [0.2, 0.25) is 5.91 Å². The first-order chi connectivity index (χ1) is 15.4. The van der Waals surface area contributed by atoms with Crippen LogP contribution in [0.2, 0.25) is 5.02 Å². The molecule has 0 saturated heterocycles. The zero-order chi connectivity index (χ0) is 22.8. The van der Waals surface area contributed by atoms with Crippen molar-refractivity contribution in [1.29, 1.82) is 0 Å². The van der Waals surface area contributed by atoms with Crippen molar-refractivity contribution in [2.24, 2.45) is 11.8 Å². The summed E-state index contributed by atoms with van der Waals surface area (Å²) < 4.78 is 1.64. The van der Waals surface area contributed by atoms with Gasteiger partial charge < -0.3 is 4.90 Å². The lowest BCUT2D eigenvalue weighted by Gasteiger charge is -2.38. The number of aromatic nitrogens is 2. The molecule has 5 nitrogen and oxygen atoms in total. The Morgan fingerprint density at radius 2 is 1.94 bits per heavy atom. The van der Waals surface area contributed by atoms with Crippen LogP contribution < -0.4 is 5.56 Å². The first-order valence-electron chi connectivity index (χ1n) is 11.5. The quantitative estimate of drug-likeness (QED) is 0.457. The van der Waals surface area contributed by atoms with Crippen LogP contribution in [0.25, 0.3) is 16.6 Å². The molecule has 3 aromatic rings. The number of nitrogens with zero attached hydrogens (tertiary/aromatic N) is 3. The molecule has 1 heterocycles. The average molecular weight is 452 g/mol.